The lowest BCUT2D eigenvalue weighted by molar-refractivity contribution is 1.18. The molecule has 3 aromatic heterocycles. The molecule has 16 aromatic rings. The summed E-state index contributed by atoms with van der Waals surface area (Å²) in [6.45, 7) is 0. The lowest BCUT2D eigenvalue weighted by Gasteiger charge is -2.18. The van der Waals surface area contributed by atoms with Crippen LogP contribution >= 0.6 is 0 Å². The molecule has 0 bridgehead atoms. The maximum absolute atomic E-state index is 5.74. The topological polar surface area (TPSA) is 77.3 Å². The van der Waals surface area contributed by atoms with Crippen molar-refractivity contribution in [3.63, 3.8) is 0 Å². The first-order valence-corrected chi connectivity index (χ1v) is 29.0. The van der Waals surface area contributed by atoms with Crippen molar-refractivity contribution in [3.05, 3.63) is 303 Å². The quantitative estimate of drug-likeness (QED) is 0.127. The van der Waals surface area contributed by atoms with Gasteiger partial charge in [-0.3, -0.25) is 0 Å². The zero-order valence-corrected chi connectivity index (χ0v) is 46.6. The molecule has 0 radical (unpaired) electrons. The average Bonchev–Trinajstić information content (AvgIpc) is 3.78. The Kier molecular flexibility index (Phi) is 12.4. The Morgan fingerprint density at radius 1 is 0.174 bits per heavy atom. The van der Waals surface area contributed by atoms with Crippen molar-refractivity contribution in [3.8, 4) is 113 Å². The molecule has 0 aliphatic heterocycles. The van der Waals surface area contributed by atoms with Gasteiger partial charge in [0.05, 0.1) is 34.0 Å². The molecule has 6 heteroatoms. The zero-order chi connectivity index (χ0) is 56.9. The third-order valence-electron chi connectivity index (χ3n) is 16.5. The first-order valence-electron chi connectivity index (χ1n) is 29.0. The summed E-state index contributed by atoms with van der Waals surface area (Å²) in [6.07, 6.45) is 0. The lowest BCUT2D eigenvalue weighted by Crippen LogP contribution is -1.99. The molecule has 400 valence electrons. The standard InChI is InChI=1S/C80H50N6/c1-5-21-51(22-6-1)72-49-74(83-78(81-72)56-25-9-3-10-26-56)53-37-41-55(42-38-53)76-71-48-61(68-45-59-29-13-15-31-62(59)64-33-17-19-35-66(64)68)47-70(69-46-60-30-14-16-32-63(60)65-34-18-20-36-67(65)69)77(71)86-80(85-76)58-43-39-54(40-44-58)75-50-73(52-23-7-2-8-24-52)82-79(84-75)57-27-11-4-12-28-57/h1-50H. The van der Waals surface area contributed by atoms with Crippen molar-refractivity contribution >= 4 is 54.0 Å². The summed E-state index contributed by atoms with van der Waals surface area (Å²) in [5.74, 6) is 1.93. The highest BCUT2D eigenvalue weighted by Gasteiger charge is 2.22. The molecular weight excluding hydrogens is 1040 g/mol. The smallest absolute Gasteiger partial charge is 0.160 e. The molecule has 6 nitrogen and oxygen atoms in total. The summed E-state index contributed by atoms with van der Waals surface area (Å²) in [6, 6.07) is 107. The summed E-state index contributed by atoms with van der Waals surface area (Å²) in [4.78, 5) is 32.0. The van der Waals surface area contributed by atoms with Crippen molar-refractivity contribution in [2.24, 2.45) is 0 Å². The summed E-state index contributed by atoms with van der Waals surface area (Å²) in [7, 11) is 0. The number of hydrogen-bond acceptors (Lipinski definition) is 6. The molecule has 0 fully saturated rings. The molecule has 13 aromatic carbocycles. The van der Waals surface area contributed by atoms with Crippen molar-refractivity contribution in [1.29, 1.82) is 0 Å². The van der Waals surface area contributed by atoms with Crippen LogP contribution in [0.25, 0.3) is 167 Å². The van der Waals surface area contributed by atoms with E-state index < -0.39 is 0 Å². The molecule has 0 aliphatic carbocycles. The average molecular weight is 1100 g/mol. The Balaban J connectivity index is 0.933. The molecule has 0 atom stereocenters. The van der Waals surface area contributed by atoms with Crippen LogP contribution in [0.5, 0.6) is 0 Å². The van der Waals surface area contributed by atoms with Gasteiger partial charge >= 0.3 is 0 Å². The largest absolute Gasteiger partial charge is 0.228 e. The van der Waals surface area contributed by atoms with Crippen LogP contribution in [0.3, 0.4) is 0 Å². The summed E-state index contributed by atoms with van der Waals surface area (Å²) >= 11 is 0. The number of benzene rings is 13. The summed E-state index contributed by atoms with van der Waals surface area (Å²) in [5, 5.41) is 10.4. The molecule has 0 aliphatic rings. The first kappa shape index (κ1) is 50.2. The van der Waals surface area contributed by atoms with Gasteiger partial charge in [0, 0.05) is 55.5 Å². The molecule has 0 unspecified atom stereocenters. The van der Waals surface area contributed by atoms with E-state index in [-0.39, 0.29) is 0 Å². The molecular formula is C80H50N6. The van der Waals surface area contributed by atoms with Crippen LogP contribution in [-0.2, 0) is 0 Å². The van der Waals surface area contributed by atoms with Crippen LogP contribution in [0.1, 0.15) is 0 Å². The predicted molar refractivity (Wildman–Crippen MR) is 355 cm³/mol. The van der Waals surface area contributed by atoms with Gasteiger partial charge in [-0.25, -0.2) is 29.9 Å². The van der Waals surface area contributed by atoms with Gasteiger partial charge < -0.3 is 0 Å². The molecule has 86 heavy (non-hydrogen) atoms. The first-order chi connectivity index (χ1) is 42.6. The Labute approximate surface area is 497 Å². The van der Waals surface area contributed by atoms with Crippen LogP contribution in [-0.4, -0.2) is 29.9 Å². The van der Waals surface area contributed by atoms with Crippen molar-refractivity contribution in [1.82, 2.24) is 29.9 Å². The number of nitrogens with zero attached hydrogens (tertiary/aromatic N) is 6. The third-order valence-corrected chi connectivity index (χ3v) is 16.5. The van der Waals surface area contributed by atoms with E-state index in [2.05, 4.69) is 231 Å². The fourth-order valence-electron chi connectivity index (χ4n) is 12.2. The van der Waals surface area contributed by atoms with Gasteiger partial charge in [0.25, 0.3) is 0 Å². The van der Waals surface area contributed by atoms with E-state index in [9.17, 15) is 0 Å². The maximum atomic E-state index is 5.74. The minimum absolute atomic E-state index is 0.604. The normalized spacial score (nSPS) is 11.5. The molecule has 0 saturated heterocycles. The van der Waals surface area contributed by atoms with Gasteiger partial charge in [0.1, 0.15) is 0 Å². The van der Waals surface area contributed by atoms with Gasteiger partial charge in [-0.1, -0.05) is 267 Å². The second kappa shape index (κ2) is 21.3. The van der Waals surface area contributed by atoms with Gasteiger partial charge in [0.15, 0.2) is 17.5 Å². The minimum Gasteiger partial charge on any atom is -0.228 e. The Morgan fingerprint density at radius 2 is 0.512 bits per heavy atom. The number of hydrogen-bond donors (Lipinski definition) is 0. The fraction of sp³-hybridized carbons (Fsp3) is 0. The SMILES string of the molecule is c1ccc(-c2cc(-c3ccc(-c4nc(-c5ccc(-c6cc(-c7ccccc7)nc(-c7ccccc7)n6)cc5)c5cc(-c6cc7ccccc7c7ccccc67)cc(-c6cc7ccccc7c7ccccc67)c5n4)cc3)nc(-c3ccccc3)n2)cc1. The van der Waals surface area contributed by atoms with E-state index in [1.165, 1.54) is 32.3 Å². The van der Waals surface area contributed by atoms with Crippen LogP contribution in [0.15, 0.2) is 303 Å². The minimum atomic E-state index is 0.604. The summed E-state index contributed by atoms with van der Waals surface area (Å²) in [5.41, 5.74) is 17.0. The van der Waals surface area contributed by atoms with Crippen molar-refractivity contribution < 1.29 is 0 Å². The van der Waals surface area contributed by atoms with E-state index in [0.717, 1.165) is 117 Å². The number of fused-ring (bicyclic) bond motifs is 7. The number of aromatic nitrogens is 6. The van der Waals surface area contributed by atoms with E-state index >= 15 is 0 Å². The van der Waals surface area contributed by atoms with Gasteiger partial charge in [-0.2, -0.15) is 0 Å². The zero-order valence-electron chi connectivity index (χ0n) is 46.6. The van der Waals surface area contributed by atoms with Gasteiger partial charge in [0.2, 0.25) is 0 Å². The van der Waals surface area contributed by atoms with Crippen LogP contribution in [0.2, 0.25) is 0 Å². The monoisotopic (exact) mass is 1090 g/mol. The highest BCUT2D eigenvalue weighted by Crippen LogP contribution is 2.45. The predicted octanol–water partition coefficient (Wildman–Crippen LogP) is 20.5. The third kappa shape index (κ3) is 9.19. The lowest BCUT2D eigenvalue weighted by atomic mass is 9.87. The molecule has 0 saturated carbocycles. The number of rotatable bonds is 10. The van der Waals surface area contributed by atoms with Crippen LogP contribution in [0, 0.1) is 0 Å². The summed E-state index contributed by atoms with van der Waals surface area (Å²) < 4.78 is 0. The highest BCUT2D eigenvalue weighted by molar-refractivity contribution is 6.19. The van der Waals surface area contributed by atoms with E-state index in [1.807, 2.05) is 72.8 Å². The van der Waals surface area contributed by atoms with Gasteiger partial charge in [-0.15, -0.1) is 0 Å². The van der Waals surface area contributed by atoms with E-state index in [1.54, 1.807) is 0 Å². The second-order valence-corrected chi connectivity index (χ2v) is 21.7. The highest BCUT2D eigenvalue weighted by atomic mass is 14.9. The fourth-order valence-corrected chi connectivity index (χ4v) is 12.2. The van der Waals surface area contributed by atoms with Crippen LogP contribution in [0.4, 0.5) is 0 Å². The molecule has 3 heterocycles. The Bertz CT molecular complexity index is 5130. The van der Waals surface area contributed by atoms with Crippen molar-refractivity contribution in [2.75, 3.05) is 0 Å². The van der Waals surface area contributed by atoms with Crippen LogP contribution < -0.4 is 0 Å². The van der Waals surface area contributed by atoms with Crippen molar-refractivity contribution in [2.45, 2.75) is 0 Å². The van der Waals surface area contributed by atoms with Gasteiger partial charge in [-0.05, 0) is 96.2 Å². The van der Waals surface area contributed by atoms with E-state index in [4.69, 9.17) is 29.9 Å². The molecule has 0 N–H and O–H groups in total. The Morgan fingerprint density at radius 3 is 0.988 bits per heavy atom. The van der Waals surface area contributed by atoms with E-state index in [0.29, 0.717) is 17.5 Å². The maximum Gasteiger partial charge on any atom is 0.160 e. The molecule has 0 spiro atoms. The molecule has 0 amide bonds. The molecule has 16 rings (SSSR count). The Hall–Kier alpha value is -11.6. The second-order valence-electron chi connectivity index (χ2n) is 21.7.